The van der Waals surface area contributed by atoms with Gasteiger partial charge in [-0.3, -0.25) is 14.3 Å². The summed E-state index contributed by atoms with van der Waals surface area (Å²) in [4.78, 5) is 11.1. The molecule has 1 atom stereocenters. The van der Waals surface area contributed by atoms with Crippen molar-refractivity contribution in [3.8, 4) is 0 Å². The lowest BCUT2D eigenvalue weighted by atomic mass is 10.2. The van der Waals surface area contributed by atoms with Gasteiger partial charge in [0.05, 0.1) is 21.5 Å². The third kappa shape index (κ3) is 3.40. The van der Waals surface area contributed by atoms with Crippen LogP contribution in [0.4, 0.5) is 11.4 Å². The quantitative estimate of drug-likeness (QED) is 0.530. The SMILES string of the molecule is Cc1c(N)cccc1S(=O)Cc1cc(Cl)ccc1[N+](=O)[O-]. The van der Waals surface area contributed by atoms with Gasteiger partial charge in [0.15, 0.2) is 0 Å². The predicted octanol–water partition coefficient (Wildman–Crippen LogP) is 3.45. The number of halogens is 1. The Kier molecular flexibility index (Phi) is 4.59. The molecule has 0 spiro atoms. The maximum absolute atomic E-state index is 12.5. The Morgan fingerprint density at radius 3 is 2.71 bits per heavy atom. The van der Waals surface area contributed by atoms with Crippen LogP contribution in [0.3, 0.4) is 0 Å². The zero-order valence-electron chi connectivity index (χ0n) is 11.2. The number of nitrogens with zero attached hydrogens (tertiary/aromatic N) is 1. The van der Waals surface area contributed by atoms with Crippen LogP contribution in [0.1, 0.15) is 11.1 Å². The molecular formula is C14H13ClN2O3S. The normalized spacial score (nSPS) is 12.1. The molecule has 0 saturated carbocycles. The van der Waals surface area contributed by atoms with E-state index in [4.69, 9.17) is 17.3 Å². The molecule has 0 saturated heterocycles. The Morgan fingerprint density at radius 2 is 2.05 bits per heavy atom. The summed E-state index contributed by atoms with van der Waals surface area (Å²) in [6, 6.07) is 9.37. The van der Waals surface area contributed by atoms with Gasteiger partial charge < -0.3 is 5.73 Å². The van der Waals surface area contributed by atoms with Crippen LogP contribution < -0.4 is 5.73 Å². The smallest absolute Gasteiger partial charge is 0.273 e. The van der Waals surface area contributed by atoms with Crippen molar-refractivity contribution in [2.45, 2.75) is 17.6 Å². The number of nitro groups is 1. The molecule has 21 heavy (non-hydrogen) atoms. The number of nitrogen functional groups attached to an aromatic ring is 1. The molecule has 0 aromatic heterocycles. The maximum Gasteiger partial charge on any atom is 0.273 e. The maximum atomic E-state index is 12.5. The second-order valence-corrected chi connectivity index (χ2v) is 6.35. The first kappa shape index (κ1) is 15.5. The lowest BCUT2D eigenvalue weighted by molar-refractivity contribution is -0.385. The lowest BCUT2D eigenvalue weighted by Gasteiger charge is -2.09. The summed E-state index contributed by atoms with van der Waals surface area (Å²) < 4.78 is 12.5. The van der Waals surface area contributed by atoms with Crippen molar-refractivity contribution in [3.63, 3.8) is 0 Å². The van der Waals surface area contributed by atoms with Crippen LogP contribution in [0.25, 0.3) is 0 Å². The van der Waals surface area contributed by atoms with E-state index in [0.29, 0.717) is 21.2 Å². The molecule has 0 aliphatic carbocycles. The third-order valence-corrected chi connectivity index (χ3v) is 4.84. The fraction of sp³-hybridized carbons (Fsp3) is 0.143. The topological polar surface area (TPSA) is 86.2 Å². The molecule has 2 aromatic carbocycles. The van der Waals surface area contributed by atoms with Crippen molar-refractivity contribution in [3.05, 3.63) is 62.7 Å². The average Bonchev–Trinajstić information content (AvgIpc) is 2.41. The van der Waals surface area contributed by atoms with Gasteiger partial charge in [-0.25, -0.2) is 0 Å². The van der Waals surface area contributed by atoms with E-state index in [2.05, 4.69) is 0 Å². The van der Waals surface area contributed by atoms with Gasteiger partial charge in [-0.05, 0) is 36.8 Å². The number of anilines is 1. The van der Waals surface area contributed by atoms with Gasteiger partial charge in [0.2, 0.25) is 0 Å². The summed E-state index contributed by atoms with van der Waals surface area (Å²) in [5.74, 6) is 0.0150. The molecule has 0 radical (unpaired) electrons. The first-order chi connectivity index (χ1) is 9.90. The molecule has 0 bridgehead atoms. The van der Waals surface area contributed by atoms with Crippen molar-refractivity contribution in [1.82, 2.24) is 0 Å². The molecular weight excluding hydrogens is 312 g/mol. The number of hydrogen-bond acceptors (Lipinski definition) is 4. The molecule has 7 heteroatoms. The fourth-order valence-corrected chi connectivity index (χ4v) is 3.50. The summed E-state index contributed by atoms with van der Waals surface area (Å²) in [6.07, 6.45) is 0. The van der Waals surface area contributed by atoms with Gasteiger partial charge in [0, 0.05) is 27.2 Å². The van der Waals surface area contributed by atoms with E-state index in [1.165, 1.54) is 18.2 Å². The molecule has 2 aromatic rings. The first-order valence-corrected chi connectivity index (χ1v) is 7.76. The minimum absolute atomic E-state index is 0.0150. The molecule has 110 valence electrons. The second-order valence-electron chi connectivity index (χ2n) is 4.49. The fourth-order valence-electron chi connectivity index (χ4n) is 1.94. The van der Waals surface area contributed by atoms with Crippen molar-refractivity contribution in [2.75, 3.05) is 5.73 Å². The van der Waals surface area contributed by atoms with Crippen molar-refractivity contribution in [2.24, 2.45) is 0 Å². The van der Waals surface area contributed by atoms with E-state index < -0.39 is 15.7 Å². The van der Waals surface area contributed by atoms with Crippen LogP contribution in [-0.2, 0) is 16.6 Å². The highest BCUT2D eigenvalue weighted by Gasteiger charge is 2.18. The summed E-state index contributed by atoms with van der Waals surface area (Å²) in [7, 11) is -1.43. The van der Waals surface area contributed by atoms with Crippen LogP contribution >= 0.6 is 11.6 Å². The molecule has 2 rings (SSSR count). The van der Waals surface area contributed by atoms with E-state index in [0.717, 1.165) is 5.56 Å². The minimum atomic E-state index is -1.43. The van der Waals surface area contributed by atoms with Crippen molar-refractivity contribution in [1.29, 1.82) is 0 Å². The van der Waals surface area contributed by atoms with E-state index in [9.17, 15) is 14.3 Å². The highest BCUT2D eigenvalue weighted by Crippen LogP contribution is 2.27. The third-order valence-electron chi connectivity index (χ3n) is 3.10. The molecule has 0 aliphatic heterocycles. The Hall–Kier alpha value is -1.92. The number of hydrogen-bond donors (Lipinski definition) is 1. The van der Waals surface area contributed by atoms with Crippen LogP contribution in [0.2, 0.25) is 5.02 Å². The van der Waals surface area contributed by atoms with Gasteiger partial charge in [0.1, 0.15) is 0 Å². The lowest BCUT2D eigenvalue weighted by Crippen LogP contribution is -2.03. The monoisotopic (exact) mass is 324 g/mol. The van der Waals surface area contributed by atoms with Gasteiger partial charge in [-0.2, -0.15) is 0 Å². The summed E-state index contributed by atoms with van der Waals surface area (Å²) in [5.41, 5.74) is 7.31. The van der Waals surface area contributed by atoms with Crippen molar-refractivity contribution < 1.29 is 9.13 Å². The summed E-state index contributed by atoms with van der Waals surface area (Å²) in [5, 5.41) is 11.4. The molecule has 2 N–H and O–H groups in total. The molecule has 5 nitrogen and oxygen atoms in total. The highest BCUT2D eigenvalue weighted by atomic mass is 35.5. The van der Waals surface area contributed by atoms with Crippen LogP contribution in [0.15, 0.2) is 41.3 Å². The summed E-state index contributed by atoms with van der Waals surface area (Å²) >= 11 is 5.87. The number of nitro benzene ring substituents is 1. The van der Waals surface area contributed by atoms with Gasteiger partial charge in [0.25, 0.3) is 5.69 Å². The molecule has 1 unspecified atom stereocenters. The Morgan fingerprint density at radius 1 is 1.33 bits per heavy atom. The first-order valence-electron chi connectivity index (χ1n) is 6.06. The van der Waals surface area contributed by atoms with E-state index >= 15 is 0 Å². The summed E-state index contributed by atoms with van der Waals surface area (Å²) in [6.45, 7) is 1.77. The van der Waals surface area contributed by atoms with E-state index in [-0.39, 0.29) is 11.4 Å². The number of rotatable bonds is 4. The van der Waals surface area contributed by atoms with Gasteiger partial charge in [-0.15, -0.1) is 0 Å². The van der Waals surface area contributed by atoms with Crippen LogP contribution in [-0.4, -0.2) is 9.13 Å². The van der Waals surface area contributed by atoms with Crippen LogP contribution in [0, 0.1) is 17.0 Å². The van der Waals surface area contributed by atoms with E-state index in [1.54, 1.807) is 25.1 Å². The predicted molar refractivity (Wildman–Crippen MR) is 83.8 cm³/mol. The van der Waals surface area contributed by atoms with Crippen LogP contribution in [0.5, 0.6) is 0 Å². The highest BCUT2D eigenvalue weighted by molar-refractivity contribution is 7.84. The van der Waals surface area contributed by atoms with Gasteiger partial charge >= 0.3 is 0 Å². The minimum Gasteiger partial charge on any atom is -0.398 e. The Balaban J connectivity index is 2.38. The second kappa shape index (κ2) is 6.24. The molecule has 0 fully saturated rings. The standard InChI is InChI=1S/C14H13ClN2O3S/c1-9-12(16)3-2-4-14(9)21(20)8-10-7-11(15)5-6-13(10)17(18)19/h2-7H,8,16H2,1H3. The average molecular weight is 325 g/mol. The number of nitrogens with two attached hydrogens (primary N) is 1. The Bertz CT molecular complexity index is 734. The van der Waals surface area contributed by atoms with Crippen molar-refractivity contribution >= 4 is 33.8 Å². The van der Waals surface area contributed by atoms with E-state index in [1.807, 2.05) is 0 Å². The molecule has 0 amide bonds. The Labute approximate surface area is 129 Å². The van der Waals surface area contributed by atoms with Gasteiger partial charge in [-0.1, -0.05) is 17.7 Å². The largest absolute Gasteiger partial charge is 0.398 e. The zero-order valence-corrected chi connectivity index (χ0v) is 12.8. The molecule has 0 aliphatic rings. The number of benzene rings is 2. The molecule has 0 heterocycles. The zero-order chi connectivity index (χ0) is 15.6.